The molecule has 0 radical (unpaired) electrons. The lowest BCUT2D eigenvalue weighted by molar-refractivity contribution is 0.530. The number of para-hydroxylation sites is 1. The molecule has 1 aliphatic rings. The Hall–Kier alpha value is -8.80. The SMILES string of the molecule is CCC1C(c2ccc3oc4ccccc4c3c2)=NC(c2ccc3ccccc3c2)=NC1c1ccc2c(oc3ccc4ccccc4c32)c1-n1c2cc3ccccc3cc2c2ccc3ccccc3c21. The minimum absolute atomic E-state index is 0.100. The molecule has 2 unspecified atom stereocenters. The van der Waals surface area contributed by atoms with Crippen molar-refractivity contribution in [1.82, 2.24) is 4.57 Å². The van der Waals surface area contributed by atoms with Gasteiger partial charge in [-0.1, -0.05) is 159 Å². The molecule has 0 spiro atoms. The summed E-state index contributed by atoms with van der Waals surface area (Å²) < 4.78 is 16.2. The number of aromatic nitrogens is 1. The van der Waals surface area contributed by atoms with Crippen molar-refractivity contribution in [3.05, 3.63) is 223 Å². The van der Waals surface area contributed by atoms with Gasteiger partial charge in [0.15, 0.2) is 11.4 Å². The third kappa shape index (κ3) is 5.65. The summed E-state index contributed by atoms with van der Waals surface area (Å²) in [5.74, 6) is 0.611. The standard InChI is InChI=1S/C64H41N3O2/c1-2-45-59(43-27-31-56-53(35-43)48-21-11-12-22-55(48)68-56)65-64(44-24-23-37-13-3-4-16-40(37)33-44)66-60(45)51-30-29-50-58-46-19-9-7-14-38(46)26-32-57(58)69-63(50)62(51)67-54-36-42-18-6-5-17-41(42)34-52(54)49-28-25-39-15-8-10-20-47(39)61(49)67/h3-36,45,60H,2H2,1H3. The predicted molar refractivity (Wildman–Crippen MR) is 288 cm³/mol. The predicted octanol–water partition coefficient (Wildman–Crippen LogP) is 17.2. The molecule has 0 saturated carbocycles. The Kier molecular flexibility index (Phi) is 8.11. The molecule has 0 N–H and O–H groups in total. The molecule has 3 aromatic heterocycles. The van der Waals surface area contributed by atoms with Crippen molar-refractivity contribution in [2.24, 2.45) is 15.9 Å². The van der Waals surface area contributed by atoms with Gasteiger partial charge in [-0.15, -0.1) is 0 Å². The first kappa shape index (κ1) is 38.3. The zero-order valence-corrected chi connectivity index (χ0v) is 37.6. The van der Waals surface area contributed by atoms with Crippen LogP contribution in [-0.4, -0.2) is 16.1 Å². The second-order valence-corrected chi connectivity index (χ2v) is 18.7. The monoisotopic (exact) mass is 883 g/mol. The maximum Gasteiger partial charge on any atom is 0.159 e. The van der Waals surface area contributed by atoms with Crippen LogP contribution in [0.2, 0.25) is 0 Å². The number of nitrogens with zero attached hydrogens (tertiary/aromatic N) is 3. The molecule has 0 saturated heterocycles. The third-order valence-electron chi connectivity index (χ3n) is 14.9. The summed E-state index contributed by atoms with van der Waals surface area (Å²) in [4.78, 5) is 11.5. The molecule has 11 aromatic carbocycles. The fraction of sp³-hybridized carbons (Fsp3) is 0.0625. The molecule has 69 heavy (non-hydrogen) atoms. The van der Waals surface area contributed by atoms with Crippen LogP contribution in [0.4, 0.5) is 0 Å². The van der Waals surface area contributed by atoms with Gasteiger partial charge in [0.25, 0.3) is 0 Å². The van der Waals surface area contributed by atoms with Crippen molar-refractivity contribution in [2.75, 3.05) is 0 Å². The molecule has 324 valence electrons. The summed E-state index contributed by atoms with van der Waals surface area (Å²) in [6, 6.07) is 74.1. The molecule has 2 atom stereocenters. The van der Waals surface area contributed by atoms with E-state index in [2.05, 4.69) is 206 Å². The Morgan fingerprint density at radius 2 is 1.07 bits per heavy atom. The van der Waals surface area contributed by atoms with Crippen LogP contribution in [0, 0.1) is 5.92 Å². The first-order chi connectivity index (χ1) is 34.1. The van der Waals surface area contributed by atoms with E-state index < -0.39 is 0 Å². The molecule has 0 fully saturated rings. The number of aliphatic imine (C=N–C) groups is 2. The molecular weight excluding hydrogens is 843 g/mol. The van der Waals surface area contributed by atoms with E-state index in [9.17, 15) is 0 Å². The van der Waals surface area contributed by atoms with Gasteiger partial charge in [-0.05, 0) is 104 Å². The number of benzene rings is 11. The minimum atomic E-state index is -0.354. The summed E-state index contributed by atoms with van der Waals surface area (Å²) in [5, 5.41) is 16.2. The summed E-state index contributed by atoms with van der Waals surface area (Å²) in [6.07, 6.45) is 0.797. The van der Waals surface area contributed by atoms with Crippen LogP contribution in [0.25, 0.3) is 114 Å². The molecule has 4 heterocycles. The first-order valence-corrected chi connectivity index (χ1v) is 23.9. The van der Waals surface area contributed by atoms with E-state index in [4.69, 9.17) is 18.8 Å². The Morgan fingerprint density at radius 1 is 0.449 bits per heavy atom. The van der Waals surface area contributed by atoms with E-state index >= 15 is 0 Å². The van der Waals surface area contributed by atoms with Crippen molar-refractivity contribution >= 4 is 120 Å². The molecule has 0 aliphatic carbocycles. The van der Waals surface area contributed by atoms with E-state index in [0.29, 0.717) is 5.84 Å². The van der Waals surface area contributed by atoms with Gasteiger partial charge in [-0.3, -0.25) is 4.99 Å². The molecule has 14 aromatic rings. The van der Waals surface area contributed by atoms with Gasteiger partial charge in [-0.25, -0.2) is 4.99 Å². The number of rotatable bonds is 5. The second kappa shape index (κ2) is 14.6. The van der Waals surface area contributed by atoms with Gasteiger partial charge < -0.3 is 13.4 Å². The Morgan fingerprint density at radius 3 is 1.90 bits per heavy atom. The maximum atomic E-state index is 7.35. The Bertz CT molecular complexity index is 4560. The van der Waals surface area contributed by atoms with E-state index in [1.165, 1.54) is 48.5 Å². The van der Waals surface area contributed by atoms with Crippen molar-refractivity contribution in [3.8, 4) is 5.69 Å². The van der Waals surface area contributed by atoms with Crippen molar-refractivity contribution < 1.29 is 8.83 Å². The number of hydrogen-bond donors (Lipinski definition) is 0. The lowest BCUT2D eigenvalue weighted by Gasteiger charge is -2.31. The highest BCUT2D eigenvalue weighted by Crippen LogP contribution is 2.48. The van der Waals surface area contributed by atoms with Gasteiger partial charge in [-0.2, -0.15) is 0 Å². The number of furan rings is 2. The molecule has 5 heteroatoms. The van der Waals surface area contributed by atoms with Crippen molar-refractivity contribution in [3.63, 3.8) is 0 Å². The van der Waals surface area contributed by atoms with Crippen LogP contribution in [-0.2, 0) is 0 Å². The lowest BCUT2D eigenvalue weighted by Crippen LogP contribution is -2.29. The zero-order valence-electron chi connectivity index (χ0n) is 37.6. The minimum Gasteiger partial charge on any atom is -0.456 e. The zero-order chi connectivity index (χ0) is 45.3. The van der Waals surface area contributed by atoms with Crippen LogP contribution in [0.1, 0.15) is 36.1 Å². The average molecular weight is 884 g/mol. The molecular formula is C64H41N3O2. The van der Waals surface area contributed by atoms with Crippen LogP contribution in [0.5, 0.6) is 0 Å². The van der Waals surface area contributed by atoms with E-state index in [-0.39, 0.29) is 12.0 Å². The average Bonchev–Trinajstić information content (AvgIpc) is 4.09. The quantitative estimate of drug-likeness (QED) is 0.173. The second-order valence-electron chi connectivity index (χ2n) is 18.7. The van der Waals surface area contributed by atoms with Crippen molar-refractivity contribution in [2.45, 2.75) is 19.4 Å². The molecule has 0 amide bonds. The Balaban J connectivity index is 1.08. The van der Waals surface area contributed by atoms with E-state index in [0.717, 1.165) is 94.8 Å². The van der Waals surface area contributed by atoms with Gasteiger partial charge in [0.1, 0.15) is 16.7 Å². The van der Waals surface area contributed by atoms with Crippen LogP contribution >= 0.6 is 0 Å². The molecule has 0 bridgehead atoms. The molecule has 1 aliphatic heterocycles. The molecule has 5 nitrogen and oxygen atoms in total. The number of amidine groups is 1. The van der Waals surface area contributed by atoms with E-state index in [1.807, 2.05) is 12.1 Å². The largest absolute Gasteiger partial charge is 0.456 e. The van der Waals surface area contributed by atoms with Gasteiger partial charge in [0.2, 0.25) is 0 Å². The number of fused-ring (bicyclic) bond motifs is 15. The highest BCUT2D eigenvalue weighted by molar-refractivity contribution is 6.24. The van der Waals surface area contributed by atoms with Gasteiger partial charge >= 0.3 is 0 Å². The van der Waals surface area contributed by atoms with Gasteiger partial charge in [0, 0.05) is 54.7 Å². The summed E-state index contributed by atoms with van der Waals surface area (Å²) in [6.45, 7) is 2.28. The fourth-order valence-electron chi connectivity index (χ4n) is 11.7. The third-order valence-corrected chi connectivity index (χ3v) is 14.9. The molecule has 15 rings (SSSR count). The fourth-order valence-corrected chi connectivity index (χ4v) is 11.7. The van der Waals surface area contributed by atoms with Crippen molar-refractivity contribution in [1.29, 1.82) is 0 Å². The van der Waals surface area contributed by atoms with E-state index in [1.54, 1.807) is 0 Å². The first-order valence-electron chi connectivity index (χ1n) is 23.9. The highest BCUT2D eigenvalue weighted by atomic mass is 16.3. The smallest absolute Gasteiger partial charge is 0.159 e. The summed E-state index contributed by atoms with van der Waals surface area (Å²) >= 11 is 0. The Labute approximate surface area is 395 Å². The van der Waals surface area contributed by atoms with Crippen LogP contribution in [0.15, 0.2) is 225 Å². The topological polar surface area (TPSA) is 55.9 Å². The van der Waals surface area contributed by atoms with Gasteiger partial charge in [0.05, 0.1) is 28.5 Å². The summed E-state index contributed by atoms with van der Waals surface area (Å²) in [7, 11) is 0. The number of hydrogen-bond acceptors (Lipinski definition) is 4. The summed E-state index contributed by atoms with van der Waals surface area (Å²) in [5.41, 5.74) is 10.8. The van der Waals surface area contributed by atoms with Crippen LogP contribution in [0.3, 0.4) is 0 Å². The normalized spacial score (nSPS) is 15.6. The lowest BCUT2D eigenvalue weighted by atomic mass is 9.82. The highest BCUT2D eigenvalue weighted by Gasteiger charge is 2.36. The maximum absolute atomic E-state index is 7.35. The van der Waals surface area contributed by atoms with Crippen LogP contribution < -0.4 is 0 Å².